The van der Waals surface area contributed by atoms with Crippen LogP contribution in [0.5, 0.6) is 0 Å². The molecule has 1 saturated heterocycles. The van der Waals surface area contributed by atoms with Crippen molar-refractivity contribution in [3.8, 4) is 0 Å². The van der Waals surface area contributed by atoms with Crippen molar-refractivity contribution in [3.05, 3.63) is 0 Å². The molecular formula is C15H28O2. The lowest BCUT2D eigenvalue weighted by molar-refractivity contribution is -0.194. The van der Waals surface area contributed by atoms with Crippen molar-refractivity contribution in [2.45, 2.75) is 83.5 Å². The Labute approximate surface area is 106 Å². The Morgan fingerprint density at radius 3 is 2.53 bits per heavy atom. The fourth-order valence-electron chi connectivity index (χ4n) is 3.08. The number of hydrogen-bond acceptors (Lipinski definition) is 2. The van der Waals surface area contributed by atoms with Crippen LogP contribution in [0.1, 0.15) is 71.1 Å². The Hall–Kier alpha value is -0.0800. The van der Waals surface area contributed by atoms with E-state index in [1.807, 2.05) is 0 Å². The Morgan fingerprint density at radius 1 is 1.06 bits per heavy atom. The van der Waals surface area contributed by atoms with Gasteiger partial charge in [-0.3, -0.25) is 0 Å². The first-order chi connectivity index (χ1) is 8.38. The predicted molar refractivity (Wildman–Crippen MR) is 69.9 cm³/mol. The number of unbranched alkanes of at least 4 members (excludes halogenated alkanes) is 1. The molecule has 2 rings (SSSR count). The van der Waals surface area contributed by atoms with Gasteiger partial charge in [0.05, 0.1) is 6.10 Å². The van der Waals surface area contributed by atoms with E-state index < -0.39 is 0 Å². The predicted octanol–water partition coefficient (Wildman–Crippen LogP) is 4.28. The molecule has 1 aliphatic heterocycles. The maximum Gasteiger partial charge on any atom is 0.157 e. The summed E-state index contributed by atoms with van der Waals surface area (Å²) >= 11 is 0. The summed E-state index contributed by atoms with van der Waals surface area (Å²) in [6.45, 7) is 3.19. The van der Waals surface area contributed by atoms with Crippen LogP contribution in [-0.4, -0.2) is 19.0 Å². The molecular weight excluding hydrogens is 212 g/mol. The molecule has 100 valence electrons. The highest BCUT2D eigenvalue weighted by atomic mass is 16.7. The molecule has 0 amide bonds. The molecule has 1 aliphatic carbocycles. The van der Waals surface area contributed by atoms with Crippen molar-refractivity contribution in [1.29, 1.82) is 0 Å². The zero-order chi connectivity index (χ0) is 11.9. The van der Waals surface area contributed by atoms with E-state index in [0.29, 0.717) is 6.10 Å². The lowest BCUT2D eigenvalue weighted by Gasteiger charge is -2.32. The zero-order valence-corrected chi connectivity index (χ0v) is 11.3. The monoisotopic (exact) mass is 240 g/mol. The normalized spacial score (nSPS) is 34.8. The summed E-state index contributed by atoms with van der Waals surface area (Å²) in [5.41, 5.74) is 0. The van der Waals surface area contributed by atoms with Gasteiger partial charge in [0, 0.05) is 6.61 Å². The average Bonchev–Trinajstić information content (AvgIpc) is 2.39. The van der Waals surface area contributed by atoms with Gasteiger partial charge >= 0.3 is 0 Å². The van der Waals surface area contributed by atoms with Crippen molar-refractivity contribution < 1.29 is 9.47 Å². The zero-order valence-electron chi connectivity index (χ0n) is 11.3. The van der Waals surface area contributed by atoms with E-state index in [2.05, 4.69) is 6.92 Å². The van der Waals surface area contributed by atoms with Gasteiger partial charge < -0.3 is 9.47 Å². The molecule has 2 nitrogen and oxygen atoms in total. The van der Waals surface area contributed by atoms with E-state index >= 15 is 0 Å². The van der Waals surface area contributed by atoms with Crippen LogP contribution < -0.4 is 0 Å². The molecule has 0 aromatic heterocycles. The van der Waals surface area contributed by atoms with Crippen LogP contribution in [0.3, 0.4) is 0 Å². The van der Waals surface area contributed by atoms with E-state index in [1.54, 1.807) is 0 Å². The van der Waals surface area contributed by atoms with E-state index in [1.165, 1.54) is 57.8 Å². The minimum absolute atomic E-state index is 0.112. The Morgan fingerprint density at radius 2 is 1.88 bits per heavy atom. The molecule has 1 saturated carbocycles. The van der Waals surface area contributed by atoms with Crippen molar-refractivity contribution in [1.82, 2.24) is 0 Å². The first-order valence-electron chi connectivity index (χ1n) is 7.65. The van der Waals surface area contributed by atoms with Crippen LogP contribution in [0, 0.1) is 5.92 Å². The van der Waals surface area contributed by atoms with Crippen LogP contribution >= 0.6 is 0 Å². The summed E-state index contributed by atoms with van der Waals surface area (Å²) < 4.78 is 11.7. The number of hydrogen-bond donors (Lipinski definition) is 0. The van der Waals surface area contributed by atoms with E-state index in [0.717, 1.165) is 18.9 Å². The Kier molecular flexibility index (Phi) is 5.79. The number of rotatable bonds is 5. The summed E-state index contributed by atoms with van der Waals surface area (Å²) in [4.78, 5) is 0. The van der Waals surface area contributed by atoms with Crippen molar-refractivity contribution in [3.63, 3.8) is 0 Å². The summed E-state index contributed by atoms with van der Waals surface area (Å²) in [7, 11) is 0. The third kappa shape index (κ3) is 4.59. The first kappa shape index (κ1) is 13.4. The highest BCUT2D eigenvalue weighted by Crippen LogP contribution is 2.31. The van der Waals surface area contributed by atoms with Gasteiger partial charge in [-0.1, -0.05) is 26.2 Å². The van der Waals surface area contributed by atoms with Crippen LogP contribution in [0.4, 0.5) is 0 Å². The minimum Gasteiger partial charge on any atom is -0.353 e. The summed E-state index contributed by atoms with van der Waals surface area (Å²) in [6.07, 6.45) is 13.6. The Balaban J connectivity index is 1.61. The fraction of sp³-hybridized carbons (Fsp3) is 1.00. The summed E-state index contributed by atoms with van der Waals surface area (Å²) in [5.74, 6) is 0.974. The third-order valence-corrected chi connectivity index (χ3v) is 4.24. The molecule has 0 bridgehead atoms. The van der Waals surface area contributed by atoms with Crippen molar-refractivity contribution in [2.75, 3.05) is 6.61 Å². The Bertz CT molecular complexity index is 191. The van der Waals surface area contributed by atoms with Gasteiger partial charge in [-0.25, -0.2) is 0 Å². The summed E-state index contributed by atoms with van der Waals surface area (Å²) in [5, 5.41) is 0. The smallest absolute Gasteiger partial charge is 0.157 e. The molecule has 2 aliphatic rings. The quantitative estimate of drug-likeness (QED) is 0.714. The molecule has 0 spiro atoms. The van der Waals surface area contributed by atoms with Crippen LogP contribution in [0.15, 0.2) is 0 Å². The van der Waals surface area contributed by atoms with Crippen LogP contribution in [0.25, 0.3) is 0 Å². The highest BCUT2D eigenvalue weighted by Gasteiger charge is 2.25. The average molecular weight is 240 g/mol. The van der Waals surface area contributed by atoms with Gasteiger partial charge in [-0.15, -0.1) is 0 Å². The highest BCUT2D eigenvalue weighted by molar-refractivity contribution is 4.73. The van der Waals surface area contributed by atoms with Gasteiger partial charge in [-0.2, -0.15) is 0 Å². The second kappa shape index (κ2) is 7.38. The molecule has 1 heterocycles. The molecule has 2 fully saturated rings. The van der Waals surface area contributed by atoms with Crippen molar-refractivity contribution in [2.24, 2.45) is 5.92 Å². The number of ether oxygens (including phenoxy) is 2. The van der Waals surface area contributed by atoms with Gasteiger partial charge in [0.25, 0.3) is 0 Å². The van der Waals surface area contributed by atoms with Crippen LogP contribution in [0.2, 0.25) is 0 Å². The van der Waals surface area contributed by atoms with E-state index in [4.69, 9.17) is 9.47 Å². The standard InChI is InChI=1S/C15H28O2/c1-2-3-6-13-8-10-14(11-9-13)17-15-7-4-5-12-16-15/h13-15H,2-12H2,1H3. The SMILES string of the molecule is CCCCC1CCC(OC2CCCCO2)CC1. The minimum atomic E-state index is 0.112. The molecule has 17 heavy (non-hydrogen) atoms. The lowest BCUT2D eigenvalue weighted by Crippen LogP contribution is -2.30. The summed E-state index contributed by atoms with van der Waals surface area (Å²) in [6, 6.07) is 0. The fourth-order valence-corrected chi connectivity index (χ4v) is 3.08. The first-order valence-corrected chi connectivity index (χ1v) is 7.65. The van der Waals surface area contributed by atoms with Gasteiger partial charge in [-0.05, 0) is 50.9 Å². The van der Waals surface area contributed by atoms with Gasteiger partial charge in [0.15, 0.2) is 6.29 Å². The molecule has 0 aromatic rings. The maximum absolute atomic E-state index is 6.06. The van der Waals surface area contributed by atoms with Crippen LogP contribution in [-0.2, 0) is 9.47 Å². The molecule has 0 radical (unpaired) electrons. The molecule has 1 atom stereocenters. The van der Waals surface area contributed by atoms with Gasteiger partial charge in [0.1, 0.15) is 0 Å². The van der Waals surface area contributed by atoms with Gasteiger partial charge in [0.2, 0.25) is 0 Å². The van der Waals surface area contributed by atoms with E-state index in [-0.39, 0.29) is 6.29 Å². The van der Waals surface area contributed by atoms with E-state index in [9.17, 15) is 0 Å². The topological polar surface area (TPSA) is 18.5 Å². The second-order valence-electron chi connectivity index (χ2n) is 5.72. The largest absolute Gasteiger partial charge is 0.353 e. The second-order valence-corrected chi connectivity index (χ2v) is 5.72. The molecule has 0 aromatic carbocycles. The molecule has 1 unspecified atom stereocenters. The molecule has 0 N–H and O–H groups in total. The maximum atomic E-state index is 6.06. The molecule has 2 heteroatoms. The van der Waals surface area contributed by atoms with Crippen molar-refractivity contribution >= 4 is 0 Å². The lowest BCUT2D eigenvalue weighted by atomic mass is 9.84. The third-order valence-electron chi connectivity index (χ3n) is 4.24.